The predicted octanol–water partition coefficient (Wildman–Crippen LogP) is 7.90. The molecule has 0 unspecified atom stereocenters. The van der Waals surface area contributed by atoms with Crippen molar-refractivity contribution in [1.29, 1.82) is 0 Å². The van der Waals surface area contributed by atoms with E-state index in [0.717, 1.165) is 28.1 Å². The Morgan fingerprint density at radius 1 is 0.545 bits per heavy atom. The highest BCUT2D eigenvalue weighted by Gasteiger charge is 2.24. The number of anilines is 3. The van der Waals surface area contributed by atoms with Crippen LogP contribution in [0.3, 0.4) is 0 Å². The fourth-order valence-corrected chi connectivity index (χ4v) is 5.06. The van der Waals surface area contributed by atoms with Crippen molar-refractivity contribution >= 4 is 38.9 Å². The van der Waals surface area contributed by atoms with Gasteiger partial charge >= 0.3 is 0 Å². The van der Waals surface area contributed by atoms with Gasteiger partial charge in [-0.05, 0) is 64.0 Å². The van der Waals surface area contributed by atoms with Crippen molar-refractivity contribution in [3.8, 4) is 22.3 Å². The van der Waals surface area contributed by atoms with Crippen LogP contribution in [-0.2, 0) is 0 Å². The van der Waals surface area contributed by atoms with Crippen molar-refractivity contribution in [3.63, 3.8) is 0 Å². The molecule has 1 aliphatic carbocycles. The fraction of sp³-hybridized carbons (Fsp3) is 0. The molecule has 1 aliphatic rings. The predicted molar refractivity (Wildman–Crippen MR) is 136 cm³/mol. The van der Waals surface area contributed by atoms with Gasteiger partial charge in [0.15, 0.2) is 0 Å². The van der Waals surface area contributed by atoms with Crippen molar-refractivity contribution in [1.82, 2.24) is 9.97 Å². The first-order chi connectivity index (χ1) is 16.4. The van der Waals surface area contributed by atoms with E-state index in [4.69, 9.17) is 4.98 Å². The molecule has 2 heterocycles. The monoisotopic (exact) mass is 421 g/mol. The summed E-state index contributed by atoms with van der Waals surface area (Å²) in [5.74, 6) is 0.885. The molecule has 3 nitrogen and oxygen atoms in total. The summed E-state index contributed by atoms with van der Waals surface area (Å²) < 4.78 is 0. The number of nitrogens with zero attached hydrogens (tertiary/aromatic N) is 3. The third-order valence-electron chi connectivity index (χ3n) is 6.50. The normalized spacial score (nSPS) is 11.6. The SMILES string of the molecule is c1ccc2c(c1)-c1cccc3c(N(c4ccncc4)c4ccc5ccccc5n4)ccc-2c13. The molecular formula is C30H19N3. The summed E-state index contributed by atoms with van der Waals surface area (Å²) in [5, 5.41) is 3.65. The van der Waals surface area contributed by atoms with Crippen molar-refractivity contribution in [2.45, 2.75) is 0 Å². The maximum atomic E-state index is 5.04. The molecule has 0 saturated carbocycles. The molecule has 0 amide bonds. The Hall–Kier alpha value is -4.50. The number of benzene rings is 4. The minimum absolute atomic E-state index is 0.885. The van der Waals surface area contributed by atoms with Gasteiger partial charge in [0.25, 0.3) is 0 Å². The number of aromatic nitrogens is 2. The lowest BCUT2D eigenvalue weighted by Gasteiger charge is -2.26. The van der Waals surface area contributed by atoms with E-state index < -0.39 is 0 Å². The maximum Gasteiger partial charge on any atom is 0.138 e. The van der Waals surface area contributed by atoms with Crippen LogP contribution >= 0.6 is 0 Å². The average molecular weight is 422 g/mol. The zero-order valence-electron chi connectivity index (χ0n) is 17.8. The van der Waals surface area contributed by atoms with Crippen LogP contribution < -0.4 is 4.90 Å². The molecule has 0 spiro atoms. The lowest BCUT2D eigenvalue weighted by atomic mass is 10.0. The number of hydrogen-bond acceptors (Lipinski definition) is 3. The van der Waals surface area contributed by atoms with Crippen molar-refractivity contribution in [2.24, 2.45) is 0 Å². The van der Waals surface area contributed by atoms with Gasteiger partial charge in [-0.3, -0.25) is 9.88 Å². The van der Waals surface area contributed by atoms with Crippen LogP contribution in [0.25, 0.3) is 43.9 Å². The van der Waals surface area contributed by atoms with Gasteiger partial charge < -0.3 is 0 Å². The molecule has 0 aliphatic heterocycles. The van der Waals surface area contributed by atoms with Gasteiger partial charge in [0.2, 0.25) is 0 Å². The van der Waals surface area contributed by atoms with Crippen LogP contribution in [-0.4, -0.2) is 9.97 Å². The first kappa shape index (κ1) is 18.1. The topological polar surface area (TPSA) is 29.0 Å². The Morgan fingerprint density at radius 3 is 2.12 bits per heavy atom. The van der Waals surface area contributed by atoms with E-state index in [-0.39, 0.29) is 0 Å². The fourth-order valence-electron chi connectivity index (χ4n) is 5.06. The van der Waals surface area contributed by atoms with Gasteiger partial charge in [0.05, 0.1) is 16.9 Å². The van der Waals surface area contributed by atoms with E-state index in [2.05, 4.69) is 88.7 Å². The number of para-hydroxylation sites is 1. The zero-order valence-corrected chi connectivity index (χ0v) is 17.8. The molecule has 0 fully saturated rings. The summed E-state index contributed by atoms with van der Waals surface area (Å²) in [4.78, 5) is 11.5. The molecule has 0 N–H and O–H groups in total. The van der Waals surface area contributed by atoms with E-state index in [0.29, 0.717) is 0 Å². The van der Waals surface area contributed by atoms with E-state index in [9.17, 15) is 0 Å². The second kappa shape index (κ2) is 7.01. The number of pyridine rings is 2. The molecule has 154 valence electrons. The Morgan fingerprint density at radius 2 is 1.27 bits per heavy atom. The molecule has 33 heavy (non-hydrogen) atoms. The molecule has 3 heteroatoms. The van der Waals surface area contributed by atoms with Crippen molar-refractivity contribution in [2.75, 3.05) is 4.90 Å². The third kappa shape index (κ3) is 2.69. The standard InChI is InChI=1S/C30H19N3/c1-4-11-27-20(6-1)12-15-29(32-27)33(21-16-18-31-19-17-21)28-14-13-25-23-8-3-2-7-22(23)24-9-5-10-26(28)30(24)25/h1-19H. The second-order valence-electron chi connectivity index (χ2n) is 8.31. The van der Waals surface area contributed by atoms with Gasteiger partial charge in [0.1, 0.15) is 5.82 Å². The second-order valence-corrected chi connectivity index (χ2v) is 8.31. The van der Waals surface area contributed by atoms with E-state index in [1.54, 1.807) is 0 Å². The minimum atomic E-state index is 0.885. The summed E-state index contributed by atoms with van der Waals surface area (Å²) in [7, 11) is 0. The van der Waals surface area contributed by atoms with Gasteiger partial charge in [-0.25, -0.2) is 4.98 Å². The first-order valence-corrected chi connectivity index (χ1v) is 11.1. The summed E-state index contributed by atoms with van der Waals surface area (Å²) in [5.41, 5.74) is 8.31. The highest BCUT2D eigenvalue weighted by molar-refractivity contribution is 6.19. The first-order valence-electron chi connectivity index (χ1n) is 11.1. The molecule has 2 aromatic heterocycles. The lowest BCUT2D eigenvalue weighted by molar-refractivity contribution is 1.20. The molecular weight excluding hydrogens is 402 g/mol. The van der Waals surface area contributed by atoms with Crippen molar-refractivity contribution in [3.05, 3.63) is 116 Å². The van der Waals surface area contributed by atoms with Gasteiger partial charge in [-0.2, -0.15) is 0 Å². The Labute approximate surface area is 191 Å². The summed E-state index contributed by atoms with van der Waals surface area (Å²) in [6.45, 7) is 0. The van der Waals surface area contributed by atoms with Gasteiger partial charge in [-0.15, -0.1) is 0 Å². The minimum Gasteiger partial charge on any atom is -0.294 e. The number of fused-ring (bicyclic) bond motifs is 4. The quantitative estimate of drug-likeness (QED) is 0.290. The maximum absolute atomic E-state index is 5.04. The van der Waals surface area contributed by atoms with Crippen molar-refractivity contribution < 1.29 is 0 Å². The van der Waals surface area contributed by atoms with E-state index >= 15 is 0 Å². The summed E-state index contributed by atoms with van der Waals surface area (Å²) in [6.07, 6.45) is 3.67. The van der Waals surface area contributed by atoms with Crippen LogP contribution in [0.4, 0.5) is 17.2 Å². The molecule has 0 saturated heterocycles. The third-order valence-corrected chi connectivity index (χ3v) is 6.50. The highest BCUT2D eigenvalue weighted by atomic mass is 15.2. The van der Waals surface area contributed by atoms with Crippen LogP contribution in [0.15, 0.2) is 116 Å². The molecule has 7 rings (SSSR count). The summed E-state index contributed by atoms with van der Waals surface area (Å²) in [6, 6.07) is 36.3. The van der Waals surface area contributed by atoms with Gasteiger partial charge in [-0.1, -0.05) is 66.7 Å². The Kier molecular flexibility index (Phi) is 3.84. The lowest BCUT2D eigenvalue weighted by Crippen LogP contribution is -2.12. The molecule has 0 bridgehead atoms. The molecule has 0 radical (unpaired) electrons. The zero-order chi connectivity index (χ0) is 21.8. The molecule has 0 atom stereocenters. The summed E-state index contributed by atoms with van der Waals surface area (Å²) >= 11 is 0. The average Bonchev–Trinajstić information content (AvgIpc) is 3.21. The Balaban J connectivity index is 1.52. The van der Waals surface area contributed by atoms with Crippen LogP contribution in [0, 0.1) is 0 Å². The van der Waals surface area contributed by atoms with E-state index in [1.165, 1.54) is 33.0 Å². The molecule has 6 aromatic rings. The van der Waals surface area contributed by atoms with Crippen LogP contribution in [0.1, 0.15) is 0 Å². The molecule has 4 aromatic carbocycles. The van der Waals surface area contributed by atoms with E-state index in [1.807, 2.05) is 36.7 Å². The number of hydrogen-bond donors (Lipinski definition) is 0. The smallest absolute Gasteiger partial charge is 0.138 e. The van der Waals surface area contributed by atoms with Crippen LogP contribution in [0.5, 0.6) is 0 Å². The van der Waals surface area contributed by atoms with Crippen LogP contribution in [0.2, 0.25) is 0 Å². The number of rotatable bonds is 3. The highest BCUT2D eigenvalue weighted by Crippen LogP contribution is 2.50. The Bertz CT molecular complexity index is 1640. The largest absolute Gasteiger partial charge is 0.294 e. The van der Waals surface area contributed by atoms with Gasteiger partial charge in [0, 0.05) is 23.2 Å².